The largest absolute Gasteiger partial charge is 0.457 e. The van der Waals surface area contributed by atoms with E-state index in [-0.39, 0.29) is 5.97 Å². The zero-order valence-electron chi connectivity index (χ0n) is 6.53. The van der Waals surface area contributed by atoms with E-state index in [1.54, 1.807) is 0 Å². The second-order valence-electron chi connectivity index (χ2n) is 2.83. The maximum Gasteiger partial charge on any atom is 0.340 e. The summed E-state index contributed by atoms with van der Waals surface area (Å²) in [5.74, 6) is -0.238. The number of hydrogen-bond donors (Lipinski definition) is 0. The number of hydrogen-bond acceptors (Lipinski definition) is 4. The Balaban J connectivity index is 2.49. The number of rotatable bonds is 0. The van der Waals surface area contributed by atoms with Crippen molar-refractivity contribution in [1.29, 1.82) is 0 Å². The molecule has 0 bridgehead atoms. The predicted octanol–water partition coefficient (Wildman–Crippen LogP) is 1.77. The van der Waals surface area contributed by atoms with E-state index in [9.17, 15) is 4.79 Å². The van der Waals surface area contributed by atoms with Crippen molar-refractivity contribution in [3.8, 4) is 0 Å². The minimum absolute atomic E-state index is 0.238. The number of ether oxygens (including phenoxy) is 1. The molecule has 0 aliphatic carbocycles. The summed E-state index contributed by atoms with van der Waals surface area (Å²) in [5.41, 5.74) is 5.22. The quantitative estimate of drug-likeness (QED) is 0.594. The molecule has 3 rings (SSSR count). The lowest BCUT2D eigenvalue weighted by Crippen LogP contribution is -1.93. The molecule has 1 aliphatic rings. The number of esters is 1. The molecule has 0 spiro atoms. The van der Waals surface area contributed by atoms with E-state index in [0.29, 0.717) is 12.2 Å². The second kappa shape index (κ2) is 2.29. The molecule has 0 fully saturated rings. The third kappa shape index (κ3) is 0.833. The van der Waals surface area contributed by atoms with Gasteiger partial charge >= 0.3 is 5.97 Å². The normalized spacial score (nSPS) is 14.6. The summed E-state index contributed by atoms with van der Waals surface area (Å²) in [6.07, 6.45) is 0. The van der Waals surface area contributed by atoms with Crippen LogP contribution in [-0.2, 0) is 11.3 Å². The Labute approximate surface area is 78.0 Å². The minimum Gasteiger partial charge on any atom is -0.457 e. The third-order valence-electron chi connectivity index (χ3n) is 2.10. The van der Waals surface area contributed by atoms with E-state index in [2.05, 4.69) is 10.5 Å². The summed E-state index contributed by atoms with van der Waals surface area (Å²) in [7, 11) is 0. The molecule has 13 heavy (non-hydrogen) atoms. The van der Waals surface area contributed by atoms with Crippen LogP contribution in [-0.4, -0.2) is 11.0 Å². The van der Waals surface area contributed by atoms with E-state index < -0.39 is 0 Å². The van der Waals surface area contributed by atoms with E-state index in [4.69, 9.17) is 4.74 Å². The van der Waals surface area contributed by atoms with Crippen molar-refractivity contribution in [3.05, 3.63) is 28.8 Å². The van der Waals surface area contributed by atoms with E-state index in [1.165, 1.54) is 11.3 Å². The van der Waals surface area contributed by atoms with Gasteiger partial charge in [0.2, 0.25) is 0 Å². The highest BCUT2D eigenvalue weighted by Crippen LogP contribution is 2.30. The van der Waals surface area contributed by atoms with Crippen LogP contribution in [0.4, 0.5) is 0 Å². The number of cyclic esters (lactones) is 1. The molecule has 0 amide bonds. The number of thiazole rings is 1. The van der Waals surface area contributed by atoms with Gasteiger partial charge in [-0.1, -0.05) is 6.07 Å². The Morgan fingerprint density at radius 1 is 1.54 bits per heavy atom. The first-order valence-corrected chi connectivity index (χ1v) is 4.63. The molecule has 0 saturated carbocycles. The summed E-state index contributed by atoms with van der Waals surface area (Å²) in [6.45, 7) is 0.391. The SMILES string of the molecule is O=C1OCc2ccc3n[c]sc3c21. The maximum absolute atomic E-state index is 11.3. The molecular formula is C9H4NO2S. The van der Waals surface area contributed by atoms with Crippen molar-refractivity contribution in [3.63, 3.8) is 0 Å². The maximum atomic E-state index is 11.3. The average Bonchev–Trinajstić information content (AvgIpc) is 2.70. The van der Waals surface area contributed by atoms with Crippen LogP contribution in [0.1, 0.15) is 15.9 Å². The zero-order valence-corrected chi connectivity index (χ0v) is 7.35. The van der Waals surface area contributed by atoms with E-state index >= 15 is 0 Å². The van der Waals surface area contributed by atoms with Crippen LogP contribution in [0.15, 0.2) is 12.1 Å². The van der Waals surface area contributed by atoms with Crippen LogP contribution in [0.2, 0.25) is 0 Å². The minimum atomic E-state index is -0.238. The molecule has 1 aromatic heterocycles. The van der Waals surface area contributed by atoms with Crippen LogP contribution in [0.25, 0.3) is 10.2 Å². The monoisotopic (exact) mass is 190 g/mol. The Morgan fingerprint density at radius 2 is 2.46 bits per heavy atom. The molecule has 0 saturated heterocycles. The van der Waals surface area contributed by atoms with Gasteiger partial charge in [-0.3, -0.25) is 0 Å². The molecule has 63 valence electrons. The molecule has 1 aliphatic heterocycles. The summed E-state index contributed by atoms with van der Waals surface area (Å²) >= 11 is 1.36. The lowest BCUT2D eigenvalue weighted by Gasteiger charge is -1.93. The van der Waals surface area contributed by atoms with Gasteiger partial charge in [0.25, 0.3) is 0 Å². The summed E-state index contributed by atoms with van der Waals surface area (Å²) < 4.78 is 5.82. The first-order chi connectivity index (χ1) is 6.36. The van der Waals surface area contributed by atoms with Crippen LogP contribution < -0.4 is 0 Å². The lowest BCUT2D eigenvalue weighted by atomic mass is 10.1. The summed E-state index contributed by atoms with van der Waals surface area (Å²) in [4.78, 5) is 15.3. The van der Waals surface area contributed by atoms with Gasteiger partial charge in [-0.2, -0.15) is 0 Å². The second-order valence-corrected chi connectivity index (χ2v) is 3.62. The zero-order chi connectivity index (χ0) is 8.84. The third-order valence-corrected chi connectivity index (χ3v) is 2.90. The van der Waals surface area contributed by atoms with E-state index in [1.807, 2.05) is 12.1 Å². The number of carbonyl (C=O) groups is 1. The fourth-order valence-electron chi connectivity index (χ4n) is 1.48. The van der Waals surface area contributed by atoms with Crippen molar-refractivity contribution in [2.45, 2.75) is 6.61 Å². The van der Waals surface area contributed by atoms with E-state index in [0.717, 1.165) is 15.8 Å². The molecule has 1 radical (unpaired) electrons. The fraction of sp³-hybridized carbons (Fsp3) is 0.111. The summed E-state index contributed by atoms with van der Waals surface area (Å²) in [5, 5.41) is 0. The van der Waals surface area contributed by atoms with Crippen molar-refractivity contribution in [2.75, 3.05) is 0 Å². The van der Waals surface area contributed by atoms with Gasteiger partial charge in [0.1, 0.15) is 6.61 Å². The first-order valence-electron chi connectivity index (χ1n) is 3.82. The van der Waals surface area contributed by atoms with Gasteiger partial charge in [-0.15, -0.1) is 11.3 Å². The van der Waals surface area contributed by atoms with Gasteiger partial charge in [-0.25, -0.2) is 9.78 Å². The van der Waals surface area contributed by atoms with Crippen molar-refractivity contribution >= 4 is 27.5 Å². The van der Waals surface area contributed by atoms with Crippen molar-refractivity contribution in [1.82, 2.24) is 4.98 Å². The molecule has 0 N–H and O–H groups in total. The molecule has 2 heterocycles. The van der Waals surface area contributed by atoms with Crippen LogP contribution >= 0.6 is 11.3 Å². The molecule has 0 unspecified atom stereocenters. The highest BCUT2D eigenvalue weighted by Gasteiger charge is 2.24. The van der Waals surface area contributed by atoms with Crippen LogP contribution in [0.3, 0.4) is 0 Å². The number of benzene rings is 1. The molecule has 0 atom stereocenters. The van der Waals surface area contributed by atoms with Crippen molar-refractivity contribution in [2.24, 2.45) is 0 Å². The van der Waals surface area contributed by atoms with Gasteiger partial charge in [0, 0.05) is 5.56 Å². The predicted molar refractivity (Wildman–Crippen MR) is 47.6 cm³/mol. The van der Waals surface area contributed by atoms with Crippen LogP contribution in [0.5, 0.6) is 0 Å². The average molecular weight is 190 g/mol. The molecule has 1 aromatic carbocycles. The van der Waals surface area contributed by atoms with Gasteiger partial charge < -0.3 is 4.74 Å². The molecule has 3 nitrogen and oxygen atoms in total. The number of fused-ring (bicyclic) bond motifs is 3. The smallest absolute Gasteiger partial charge is 0.340 e. The molecule has 2 aromatic rings. The highest BCUT2D eigenvalue weighted by atomic mass is 32.1. The molecule has 4 heteroatoms. The Kier molecular flexibility index (Phi) is 1.24. The number of nitrogens with zero attached hydrogens (tertiary/aromatic N) is 1. The number of aromatic nitrogens is 1. The Bertz CT molecular complexity index is 503. The van der Waals surface area contributed by atoms with Gasteiger partial charge in [0.05, 0.1) is 15.8 Å². The van der Waals surface area contributed by atoms with Crippen LogP contribution in [0, 0.1) is 5.51 Å². The van der Waals surface area contributed by atoms with Gasteiger partial charge in [0.15, 0.2) is 5.51 Å². The highest BCUT2D eigenvalue weighted by molar-refractivity contribution is 7.16. The summed E-state index contributed by atoms with van der Waals surface area (Å²) in [6, 6.07) is 3.78. The first kappa shape index (κ1) is 7.03. The Hall–Kier alpha value is -1.42. The number of carbonyl (C=O) groups excluding carboxylic acids is 1. The van der Waals surface area contributed by atoms with Gasteiger partial charge in [-0.05, 0) is 6.07 Å². The fourth-order valence-corrected chi connectivity index (χ4v) is 2.25. The standard InChI is InChI=1S/C9H4NO2S/c11-9-7-5(3-12-9)1-2-6-8(7)13-4-10-6/h1-2H,3H2. The molecular weight excluding hydrogens is 186 g/mol. The van der Waals surface area contributed by atoms with Crippen molar-refractivity contribution < 1.29 is 9.53 Å². The topological polar surface area (TPSA) is 39.2 Å². The Morgan fingerprint density at radius 3 is 3.38 bits per heavy atom. The lowest BCUT2D eigenvalue weighted by molar-refractivity contribution is 0.0536.